The van der Waals surface area contributed by atoms with Crippen molar-refractivity contribution in [1.82, 2.24) is 0 Å². The summed E-state index contributed by atoms with van der Waals surface area (Å²) in [5.41, 5.74) is 9.15. The minimum Gasteiger partial charge on any atom is -0.453 e. The van der Waals surface area contributed by atoms with Crippen molar-refractivity contribution >= 4 is 81.9 Å². The van der Waals surface area contributed by atoms with Crippen molar-refractivity contribution in [3.8, 4) is 11.1 Å². The van der Waals surface area contributed by atoms with E-state index in [-0.39, 0.29) is 0 Å². The van der Waals surface area contributed by atoms with Crippen LogP contribution in [0.2, 0.25) is 0 Å². The number of nitrogens with one attached hydrogen (secondary N) is 1. The lowest BCUT2D eigenvalue weighted by Gasteiger charge is -2.26. The molecule has 2 heterocycles. The molecule has 1 N–H and O–H groups in total. The fourth-order valence-electron chi connectivity index (χ4n) is 6.52. The molecule has 0 aliphatic rings. The lowest BCUT2D eigenvalue weighted by atomic mass is 10.0. The quantitative estimate of drug-likeness (QED) is 0.204. The monoisotopic (exact) mass is 608 g/mol. The number of thiophene rings is 1. The van der Waals surface area contributed by atoms with Crippen molar-refractivity contribution in [2.24, 2.45) is 0 Å². The number of para-hydroxylation sites is 3. The van der Waals surface area contributed by atoms with Crippen molar-refractivity contribution in [3.63, 3.8) is 0 Å². The van der Waals surface area contributed by atoms with Gasteiger partial charge in [-0.25, -0.2) is 0 Å². The standard InChI is InChI=1S/C42H28N2OS/c1-3-12-28(13-4-1)33-19-10-20-35-36-21-11-22-38(42(36)45-41(33)35)44(31-15-5-2-6-16-31)32-17-9-14-29(26-32)43-30-24-25-40-37(27-30)34-18-7-8-23-39(34)46-40/h1-27,43H. The minimum atomic E-state index is 0.859. The van der Waals surface area contributed by atoms with Crippen LogP contribution in [0.25, 0.3) is 53.2 Å². The maximum Gasteiger partial charge on any atom is 0.159 e. The fraction of sp³-hybridized carbons (Fsp3) is 0. The zero-order valence-electron chi connectivity index (χ0n) is 24.9. The number of hydrogen-bond acceptors (Lipinski definition) is 4. The maximum absolute atomic E-state index is 6.83. The molecule has 0 amide bonds. The molecule has 0 atom stereocenters. The molecule has 0 radical (unpaired) electrons. The summed E-state index contributed by atoms with van der Waals surface area (Å²) in [5.74, 6) is 0. The molecule has 218 valence electrons. The highest BCUT2D eigenvalue weighted by atomic mass is 32.1. The van der Waals surface area contributed by atoms with E-state index in [4.69, 9.17) is 4.42 Å². The van der Waals surface area contributed by atoms with Gasteiger partial charge in [-0.05, 0) is 66.2 Å². The number of anilines is 5. The second kappa shape index (κ2) is 11.0. The van der Waals surface area contributed by atoms with E-state index in [1.165, 1.54) is 20.2 Å². The van der Waals surface area contributed by atoms with Gasteiger partial charge in [0.05, 0.1) is 5.69 Å². The second-order valence-corrected chi connectivity index (χ2v) is 12.5. The molecular weight excluding hydrogens is 581 g/mol. The van der Waals surface area contributed by atoms with Gasteiger partial charge in [-0.1, -0.05) is 103 Å². The van der Waals surface area contributed by atoms with E-state index in [9.17, 15) is 0 Å². The van der Waals surface area contributed by atoms with E-state index in [0.29, 0.717) is 0 Å². The van der Waals surface area contributed by atoms with E-state index in [0.717, 1.165) is 61.5 Å². The van der Waals surface area contributed by atoms with Crippen LogP contribution in [-0.4, -0.2) is 0 Å². The average Bonchev–Trinajstić information content (AvgIpc) is 3.68. The first-order chi connectivity index (χ1) is 22.8. The molecule has 0 spiro atoms. The van der Waals surface area contributed by atoms with Gasteiger partial charge in [0.1, 0.15) is 5.58 Å². The smallest absolute Gasteiger partial charge is 0.159 e. The molecule has 9 aromatic rings. The van der Waals surface area contributed by atoms with Gasteiger partial charge in [0.15, 0.2) is 5.58 Å². The van der Waals surface area contributed by atoms with E-state index in [1.807, 2.05) is 17.4 Å². The molecular formula is C42H28N2OS. The first kappa shape index (κ1) is 26.6. The van der Waals surface area contributed by atoms with Crippen LogP contribution in [0.1, 0.15) is 0 Å². The number of fused-ring (bicyclic) bond motifs is 6. The minimum absolute atomic E-state index is 0.859. The molecule has 3 nitrogen and oxygen atoms in total. The average molecular weight is 609 g/mol. The summed E-state index contributed by atoms with van der Waals surface area (Å²) < 4.78 is 9.44. The summed E-state index contributed by atoms with van der Waals surface area (Å²) in [5, 5.41) is 8.46. The van der Waals surface area contributed by atoms with Gasteiger partial charge in [0.2, 0.25) is 0 Å². The van der Waals surface area contributed by atoms with E-state index < -0.39 is 0 Å². The number of furan rings is 1. The van der Waals surface area contributed by atoms with Crippen LogP contribution in [0.5, 0.6) is 0 Å². The number of nitrogens with zero attached hydrogens (tertiary/aromatic N) is 1. The predicted molar refractivity (Wildman–Crippen MR) is 196 cm³/mol. The molecule has 0 bridgehead atoms. The number of hydrogen-bond donors (Lipinski definition) is 1. The first-order valence-corrected chi connectivity index (χ1v) is 16.2. The molecule has 0 aliphatic carbocycles. The van der Waals surface area contributed by atoms with Gasteiger partial charge in [-0.3, -0.25) is 0 Å². The Balaban J connectivity index is 1.17. The third-order valence-corrected chi connectivity index (χ3v) is 9.77. The van der Waals surface area contributed by atoms with Crippen LogP contribution in [0.4, 0.5) is 28.4 Å². The topological polar surface area (TPSA) is 28.4 Å². The fourth-order valence-corrected chi connectivity index (χ4v) is 7.61. The molecule has 0 saturated heterocycles. The summed E-state index contributed by atoms with van der Waals surface area (Å²) in [4.78, 5) is 2.29. The maximum atomic E-state index is 6.83. The number of benzene rings is 7. The molecule has 46 heavy (non-hydrogen) atoms. The molecule has 9 rings (SSSR count). The molecule has 7 aromatic carbocycles. The summed E-state index contributed by atoms with van der Waals surface area (Å²) in [6, 6.07) is 57.7. The highest BCUT2D eigenvalue weighted by Crippen LogP contribution is 2.44. The Hall–Kier alpha value is -5.84. The summed E-state index contributed by atoms with van der Waals surface area (Å²) in [7, 11) is 0. The van der Waals surface area contributed by atoms with Crippen LogP contribution in [0.3, 0.4) is 0 Å². The van der Waals surface area contributed by atoms with E-state index in [2.05, 4.69) is 168 Å². The second-order valence-electron chi connectivity index (χ2n) is 11.5. The summed E-state index contributed by atoms with van der Waals surface area (Å²) >= 11 is 1.84. The van der Waals surface area contributed by atoms with Crippen LogP contribution < -0.4 is 10.2 Å². The van der Waals surface area contributed by atoms with Gasteiger partial charge in [-0.2, -0.15) is 0 Å². The van der Waals surface area contributed by atoms with Crippen molar-refractivity contribution in [1.29, 1.82) is 0 Å². The zero-order valence-corrected chi connectivity index (χ0v) is 25.7. The predicted octanol–water partition coefficient (Wildman–Crippen LogP) is 12.8. The molecule has 0 fully saturated rings. The zero-order chi connectivity index (χ0) is 30.5. The molecule has 0 aliphatic heterocycles. The van der Waals surface area contributed by atoms with Gasteiger partial charge in [-0.15, -0.1) is 11.3 Å². The third kappa shape index (κ3) is 4.50. The Labute approximate surface area is 270 Å². The molecule has 0 saturated carbocycles. The Morgan fingerprint density at radius 1 is 0.457 bits per heavy atom. The van der Waals surface area contributed by atoms with Crippen molar-refractivity contribution in [3.05, 3.63) is 164 Å². The third-order valence-electron chi connectivity index (χ3n) is 8.61. The Morgan fingerprint density at radius 3 is 1.98 bits per heavy atom. The lowest BCUT2D eigenvalue weighted by molar-refractivity contribution is 0.670. The highest BCUT2D eigenvalue weighted by Gasteiger charge is 2.20. The first-order valence-electron chi connectivity index (χ1n) is 15.4. The summed E-state index contributed by atoms with van der Waals surface area (Å²) in [6.45, 7) is 0. The largest absolute Gasteiger partial charge is 0.453 e. The number of rotatable bonds is 6. The van der Waals surface area contributed by atoms with Crippen molar-refractivity contribution in [2.45, 2.75) is 0 Å². The van der Waals surface area contributed by atoms with Gasteiger partial charge in [0.25, 0.3) is 0 Å². The van der Waals surface area contributed by atoms with Crippen LogP contribution in [-0.2, 0) is 0 Å². The Kier molecular flexibility index (Phi) is 6.32. The van der Waals surface area contributed by atoms with E-state index >= 15 is 0 Å². The van der Waals surface area contributed by atoms with E-state index in [1.54, 1.807) is 0 Å². The molecule has 0 unspecified atom stereocenters. The lowest BCUT2D eigenvalue weighted by Crippen LogP contribution is -2.10. The molecule has 2 aromatic heterocycles. The van der Waals surface area contributed by atoms with Crippen LogP contribution >= 0.6 is 11.3 Å². The van der Waals surface area contributed by atoms with Gasteiger partial charge < -0.3 is 14.6 Å². The van der Waals surface area contributed by atoms with Gasteiger partial charge in [0, 0.05) is 59.3 Å². The van der Waals surface area contributed by atoms with Crippen LogP contribution in [0, 0.1) is 0 Å². The molecule has 4 heteroatoms. The normalized spacial score (nSPS) is 11.5. The van der Waals surface area contributed by atoms with Crippen molar-refractivity contribution < 1.29 is 4.42 Å². The van der Waals surface area contributed by atoms with Crippen LogP contribution in [0.15, 0.2) is 168 Å². The Morgan fingerprint density at radius 2 is 1.11 bits per heavy atom. The van der Waals surface area contributed by atoms with Gasteiger partial charge >= 0.3 is 0 Å². The summed E-state index contributed by atoms with van der Waals surface area (Å²) in [6.07, 6.45) is 0. The van der Waals surface area contributed by atoms with Crippen molar-refractivity contribution in [2.75, 3.05) is 10.2 Å². The SMILES string of the molecule is c1ccc(-c2cccc3c2oc2c(N(c4ccccc4)c4cccc(Nc5ccc6sc7ccccc7c6c5)c4)cccc23)cc1. The Bertz CT molecular complexity index is 2510. The highest BCUT2D eigenvalue weighted by molar-refractivity contribution is 7.25.